The van der Waals surface area contributed by atoms with Crippen molar-refractivity contribution < 1.29 is 18.8 Å². The van der Waals surface area contributed by atoms with Gasteiger partial charge in [-0.05, 0) is 29.8 Å². The van der Waals surface area contributed by atoms with E-state index in [0.717, 1.165) is 5.56 Å². The van der Waals surface area contributed by atoms with E-state index in [1.165, 1.54) is 13.2 Å². The molecule has 3 amide bonds. The highest BCUT2D eigenvalue weighted by Gasteiger charge is 2.07. The minimum absolute atomic E-state index is 0.0937. The largest absolute Gasteiger partial charge is 0.467 e. The quantitative estimate of drug-likeness (QED) is 0.711. The molecule has 3 N–H and O–H groups in total. The first kappa shape index (κ1) is 17.3. The molecule has 7 nitrogen and oxygen atoms in total. The van der Waals surface area contributed by atoms with Crippen molar-refractivity contribution >= 4 is 23.4 Å². The van der Waals surface area contributed by atoms with Gasteiger partial charge in [0.25, 0.3) is 0 Å². The van der Waals surface area contributed by atoms with Crippen LogP contribution in [0.15, 0.2) is 47.1 Å². The molecule has 0 saturated heterocycles. The van der Waals surface area contributed by atoms with Crippen LogP contribution in [0.25, 0.3) is 0 Å². The number of carbonyl (C=O) groups is 3. The van der Waals surface area contributed by atoms with Crippen LogP contribution in [-0.2, 0) is 27.3 Å². The van der Waals surface area contributed by atoms with E-state index in [9.17, 15) is 14.4 Å². The highest BCUT2D eigenvalue weighted by atomic mass is 16.3. The van der Waals surface area contributed by atoms with Gasteiger partial charge in [0.2, 0.25) is 17.7 Å². The minimum Gasteiger partial charge on any atom is -0.467 e. The van der Waals surface area contributed by atoms with Crippen molar-refractivity contribution in [2.75, 3.05) is 11.9 Å². The molecule has 0 bridgehead atoms. The van der Waals surface area contributed by atoms with Crippen LogP contribution in [0.1, 0.15) is 18.2 Å². The van der Waals surface area contributed by atoms with Gasteiger partial charge in [0.15, 0.2) is 0 Å². The molecule has 1 heterocycles. The molecule has 2 aromatic rings. The second-order valence-electron chi connectivity index (χ2n) is 5.19. The van der Waals surface area contributed by atoms with E-state index in [2.05, 4.69) is 16.0 Å². The Morgan fingerprint density at radius 1 is 1.00 bits per heavy atom. The summed E-state index contributed by atoms with van der Waals surface area (Å²) < 4.78 is 5.09. The summed E-state index contributed by atoms with van der Waals surface area (Å²) >= 11 is 0. The van der Waals surface area contributed by atoms with Gasteiger partial charge in [0, 0.05) is 12.6 Å². The molecule has 126 valence electrons. The Hall–Kier alpha value is -3.09. The summed E-state index contributed by atoms with van der Waals surface area (Å²) in [6.45, 7) is 1.62. The maximum atomic E-state index is 11.8. The van der Waals surface area contributed by atoms with E-state index in [0.29, 0.717) is 11.4 Å². The van der Waals surface area contributed by atoms with Crippen LogP contribution in [0.2, 0.25) is 0 Å². The zero-order valence-corrected chi connectivity index (χ0v) is 13.3. The van der Waals surface area contributed by atoms with Crippen LogP contribution in [-0.4, -0.2) is 24.3 Å². The fraction of sp³-hybridized carbons (Fsp3) is 0.235. The fourth-order valence-electron chi connectivity index (χ4n) is 2.00. The molecular formula is C17H19N3O4. The zero-order chi connectivity index (χ0) is 17.4. The molecule has 0 unspecified atom stereocenters. The number of furan rings is 1. The van der Waals surface area contributed by atoms with Crippen molar-refractivity contribution in [1.82, 2.24) is 10.6 Å². The topological polar surface area (TPSA) is 100 Å². The molecule has 0 fully saturated rings. The van der Waals surface area contributed by atoms with Crippen molar-refractivity contribution in [3.8, 4) is 0 Å². The van der Waals surface area contributed by atoms with Crippen molar-refractivity contribution in [2.45, 2.75) is 19.9 Å². The van der Waals surface area contributed by atoms with E-state index in [4.69, 9.17) is 4.42 Å². The van der Waals surface area contributed by atoms with Gasteiger partial charge in [-0.1, -0.05) is 12.1 Å². The second kappa shape index (κ2) is 8.52. The lowest BCUT2D eigenvalue weighted by Crippen LogP contribution is -2.37. The predicted octanol–water partition coefficient (Wildman–Crippen LogP) is 1.21. The number of benzene rings is 1. The Morgan fingerprint density at radius 2 is 1.75 bits per heavy atom. The molecular weight excluding hydrogens is 310 g/mol. The van der Waals surface area contributed by atoms with E-state index < -0.39 is 0 Å². The lowest BCUT2D eigenvalue weighted by molar-refractivity contribution is -0.125. The summed E-state index contributed by atoms with van der Waals surface area (Å²) in [5, 5.41) is 7.85. The highest BCUT2D eigenvalue weighted by molar-refractivity contribution is 5.89. The summed E-state index contributed by atoms with van der Waals surface area (Å²) in [4.78, 5) is 34.4. The lowest BCUT2D eigenvalue weighted by atomic mass is 10.1. The third kappa shape index (κ3) is 5.96. The maximum Gasteiger partial charge on any atom is 0.239 e. The maximum absolute atomic E-state index is 11.8. The molecule has 0 saturated carbocycles. The molecule has 0 atom stereocenters. The normalized spacial score (nSPS) is 10.0. The number of rotatable bonds is 7. The van der Waals surface area contributed by atoms with Gasteiger partial charge >= 0.3 is 0 Å². The minimum atomic E-state index is -0.291. The third-order valence-corrected chi connectivity index (χ3v) is 3.12. The Bertz CT molecular complexity index is 693. The van der Waals surface area contributed by atoms with Gasteiger partial charge in [-0.25, -0.2) is 0 Å². The number of nitrogens with one attached hydrogen (secondary N) is 3. The second-order valence-corrected chi connectivity index (χ2v) is 5.19. The molecule has 1 aromatic carbocycles. The molecule has 24 heavy (non-hydrogen) atoms. The molecule has 0 radical (unpaired) electrons. The summed E-state index contributed by atoms with van der Waals surface area (Å²) in [5.74, 6) is -0.0498. The highest BCUT2D eigenvalue weighted by Crippen LogP contribution is 2.09. The van der Waals surface area contributed by atoms with E-state index >= 15 is 0 Å². The third-order valence-electron chi connectivity index (χ3n) is 3.12. The van der Waals surface area contributed by atoms with Crippen LogP contribution < -0.4 is 16.0 Å². The van der Waals surface area contributed by atoms with Gasteiger partial charge in [0.1, 0.15) is 5.76 Å². The average Bonchev–Trinajstić information content (AvgIpc) is 3.06. The summed E-state index contributed by atoms with van der Waals surface area (Å²) in [6, 6.07) is 10.4. The molecule has 0 aliphatic carbocycles. The first-order chi connectivity index (χ1) is 11.5. The smallest absolute Gasteiger partial charge is 0.239 e. The molecule has 1 aromatic heterocycles. The molecule has 0 aliphatic heterocycles. The Morgan fingerprint density at radius 3 is 2.38 bits per heavy atom. The molecule has 0 spiro atoms. The summed E-state index contributed by atoms with van der Waals surface area (Å²) in [7, 11) is 0. The first-order valence-corrected chi connectivity index (χ1v) is 7.45. The van der Waals surface area contributed by atoms with Crippen molar-refractivity contribution in [2.24, 2.45) is 0 Å². The predicted molar refractivity (Wildman–Crippen MR) is 88.0 cm³/mol. The number of hydrogen-bond donors (Lipinski definition) is 3. The Labute approximate surface area is 139 Å². The SMILES string of the molecule is CC(=O)Nc1ccc(CC(=O)NCC(=O)NCc2ccco2)cc1. The van der Waals surface area contributed by atoms with Gasteiger partial charge in [0.05, 0.1) is 25.8 Å². The van der Waals surface area contributed by atoms with E-state index in [1.54, 1.807) is 36.4 Å². The van der Waals surface area contributed by atoms with Crippen LogP contribution in [0, 0.1) is 0 Å². The number of anilines is 1. The van der Waals surface area contributed by atoms with Gasteiger partial charge < -0.3 is 20.4 Å². The Kier molecular flexibility index (Phi) is 6.13. The van der Waals surface area contributed by atoms with Crippen LogP contribution in [0.3, 0.4) is 0 Å². The van der Waals surface area contributed by atoms with E-state index in [-0.39, 0.29) is 37.2 Å². The van der Waals surface area contributed by atoms with Crippen LogP contribution in [0.5, 0.6) is 0 Å². The van der Waals surface area contributed by atoms with Crippen molar-refractivity contribution in [3.63, 3.8) is 0 Å². The van der Waals surface area contributed by atoms with Gasteiger partial charge in [-0.15, -0.1) is 0 Å². The molecule has 2 rings (SSSR count). The average molecular weight is 329 g/mol. The summed E-state index contributed by atoms with van der Waals surface area (Å²) in [6.07, 6.45) is 1.69. The molecule has 0 aliphatic rings. The number of carbonyl (C=O) groups excluding carboxylic acids is 3. The Balaban J connectivity index is 1.70. The zero-order valence-electron chi connectivity index (χ0n) is 13.3. The fourth-order valence-corrected chi connectivity index (χ4v) is 2.00. The lowest BCUT2D eigenvalue weighted by Gasteiger charge is -2.07. The standard InChI is InChI=1S/C17H19N3O4/c1-12(21)20-14-6-4-13(5-7-14)9-16(22)19-11-17(23)18-10-15-3-2-8-24-15/h2-8H,9-11H2,1H3,(H,18,23)(H,19,22)(H,20,21). The van der Waals surface area contributed by atoms with Gasteiger partial charge in [-0.2, -0.15) is 0 Å². The van der Waals surface area contributed by atoms with Crippen molar-refractivity contribution in [3.05, 3.63) is 54.0 Å². The monoisotopic (exact) mass is 329 g/mol. The van der Waals surface area contributed by atoms with Crippen LogP contribution >= 0.6 is 0 Å². The van der Waals surface area contributed by atoms with Crippen molar-refractivity contribution in [1.29, 1.82) is 0 Å². The summed E-state index contributed by atoms with van der Waals surface area (Å²) in [5.41, 5.74) is 1.46. The van der Waals surface area contributed by atoms with Gasteiger partial charge in [-0.3, -0.25) is 14.4 Å². The molecule has 7 heteroatoms. The van der Waals surface area contributed by atoms with E-state index in [1.807, 2.05) is 0 Å². The first-order valence-electron chi connectivity index (χ1n) is 7.45. The number of amides is 3. The van der Waals surface area contributed by atoms with Crippen LogP contribution in [0.4, 0.5) is 5.69 Å². The number of hydrogen-bond acceptors (Lipinski definition) is 4.